The van der Waals surface area contributed by atoms with Gasteiger partial charge in [0.15, 0.2) is 0 Å². The van der Waals surface area contributed by atoms with Crippen LogP contribution in [-0.2, 0) is 4.74 Å². The van der Waals surface area contributed by atoms with Crippen molar-refractivity contribution in [2.45, 2.75) is 19.9 Å². The van der Waals surface area contributed by atoms with E-state index in [1.54, 1.807) is 0 Å². The molecule has 0 heterocycles. The molecule has 110 valence electrons. The Kier molecular flexibility index (Phi) is 4.58. The van der Waals surface area contributed by atoms with Gasteiger partial charge in [-0.2, -0.15) is 0 Å². The molecule has 2 aromatic carbocycles. The molecule has 0 fully saturated rings. The van der Waals surface area contributed by atoms with Gasteiger partial charge in [0.1, 0.15) is 5.82 Å². The number of anilines is 1. The van der Waals surface area contributed by atoms with Crippen LogP contribution in [0.5, 0.6) is 0 Å². The van der Waals surface area contributed by atoms with Gasteiger partial charge in [0.25, 0.3) is 0 Å². The number of benzene rings is 2. The number of esters is 1. The third-order valence-electron chi connectivity index (χ3n) is 3.30. The Morgan fingerprint density at radius 1 is 1.24 bits per heavy atom. The molecule has 21 heavy (non-hydrogen) atoms. The van der Waals surface area contributed by atoms with Crippen LogP contribution in [0.15, 0.2) is 42.5 Å². The average Bonchev–Trinajstić information content (AvgIpc) is 2.46. The van der Waals surface area contributed by atoms with E-state index in [1.165, 1.54) is 25.3 Å². The van der Waals surface area contributed by atoms with Crippen molar-refractivity contribution in [3.8, 4) is 0 Å². The van der Waals surface area contributed by atoms with Crippen LogP contribution in [-0.4, -0.2) is 13.1 Å². The van der Waals surface area contributed by atoms with Gasteiger partial charge in [0, 0.05) is 6.04 Å². The minimum absolute atomic E-state index is 0.0601. The second-order valence-electron chi connectivity index (χ2n) is 4.96. The molecule has 3 nitrogen and oxygen atoms in total. The fourth-order valence-electron chi connectivity index (χ4n) is 2.18. The Morgan fingerprint density at radius 3 is 2.67 bits per heavy atom. The summed E-state index contributed by atoms with van der Waals surface area (Å²) in [6.45, 7) is 3.97. The maximum Gasteiger partial charge on any atom is 0.339 e. The first-order valence-corrected chi connectivity index (χ1v) is 6.72. The van der Waals surface area contributed by atoms with Crippen molar-refractivity contribution in [2.24, 2.45) is 0 Å². The molecular weight excluding hydrogens is 269 g/mol. The van der Waals surface area contributed by atoms with Gasteiger partial charge in [-0.25, -0.2) is 9.18 Å². The summed E-state index contributed by atoms with van der Waals surface area (Å²) in [5, 5.41) is 3.17. The second-order valence-corrected chi connectivity index (χ2v) is 4.96. The highest BCUT2D eigenvalue weighted by atomic mass is 19.1. The monoisotopic (exact) mass is 287 g/mol. The summed E-state index contributed by atoms with van der Waals surface area (Å²) in [5.74, 6) is -0.893. The number of aryl methyl sites for hydroxylation is 1. The number of hydrogen-bond acceptors (Lipinski definition) is 3. The Bertz CT molecular complexity index is 655. The lowest BCUT2D eigenvalue weighted by Crippen LogP contribution is -2.12. The molecule has 0 spiro atoms. The van der Waals surface area contributed by atoms with Gasteiger partial charge in [-0.1, -0.05) is 29.8 Å². The van der Waals surface area contributed by atoms with Gasteiger partial charge in [-0.05, 0) is 37.6 Å². The third-order valence-corrected chi connectivity index (χ3v) is 3.30. The Labute approximate surface area is 123 Å². The zero-order valence-electron chi connectivity index (χ0n) is 12.3. The number of rotatable bonds is 4. The third kappa shape index (κ3) is 3.60. The van der Waals surface area contributed by atoms with Crippen molar-refractivity contribution in [1.82, 2.24) is 0 Å². The van der Waals surface area contributed by atoms with Crippen LogP contribution in [0.2, 0.25) is 0 Å². The van der Waals surface area contributed by atoms with E-state index in [9.17, 15) is 9.18 Å². The molecule has 1 N–H and O–H groups in total. The summed E-state index contributed by atoms with van der Waals surface area (Å²) in [6.07, 6.45) is 0. The quantitative estimate of drug-likeness (QED) is 0.861. The first-order chi connectivity index (χ1) is 10.0. The molecule has 2 aromatic rings. The van der Waals surface area contributed by atoms with Gasteiger partial charge in [-0.3, -0.25) is 0 Å². The van der Waals surface area contributed by atoms with E-state index in [0.717, 1.165) is 11.1 Å². The molecule has 0 aromatic heterocycles. The lowest BCUT2D eigenvalue weighted by Gasteiger charge is -2.18. The largest absolute Gasteiger partial charge is 0.465 e. The lowest BCUT2D eigenvalue weighted by atomic mass is 10.0. The van der Waals surface area contributed by atoms with Crippen LogP contribution in [0, 0.1) is 12.7 Å². The smallest absolute Gasteiger partial charge is 0.339 e. The summed E-state index contributed by atoms with van der Waals surface area (Å²) < 4.78 is 18.2. The highest BCUT2D eigenvalue weighted by Crippen LogP contribution is 2.24. The topological polar surface area (TPSA) is 38.3 Å². The highest BCUT2D eigenvalue weighted by molar-refractivity contribution is 5.95. The van der Waals surface area contributed by atoms with Crippen molar-refractivity contribution in [2.75, 3.05) is 12.4 Å². The first-order valence-electron chi connectivity index (χ1n) is 6.72. The van der Waals surface area contributed by atoms with Crippen molar-refractivity contribution >= 4 is 11.7 Å². The van der Waals surface area contributed by atoms with Gasteiger partial charge in [-0.15, -0.1) is 0 Å². The minimum Gasteiger partial charge on any atom is -0.465 e. The summed E-state index contributed by atoms with van der Waals surface area (Å²) in [4.78, 5) is 11.7. The highest BCUT2D eigenvalue weighted by Gasteiger charge is 2.15. The molecule has 2 rings (SSSR count). The predicted molar refractivity (Wildman–Crippen MR) is 81.0 cm³/mol. The zero-order valence-corrected chi connectivity index (χ0v) is 12.3. The summed E-state index contributed by atoms with van der Waals surface area (Å²) >= 11 is 0. The van der Waals surface area contributed by atoms with E-state index < -0.39 is 11.8 Å². The van der Waals surface area contributed by atoms with Crippen molar-refractivity contribution < 1.29 is 13.9 Å². The molecule has 0 aliphatic rings. The van der Waals surface area contributed by atoms with E-state index >= 15 is 0 Å². The molecule has 0 saturated carbocycles. The molecule has 0 saturated heterocycles. The molecule has 1 atom stereocenters. The number of hydrogen-bond donors (Lipinski definition) is 1. The van der Waals surface area contributed by atoms with E-state index in [4.69, 9.17) is 4.74 Å². The van der Waals surface area contributed by atoms with Crippen molar-refractivity contribution in [3.05, 3.63) is 65.0 Å². The predicted octanol–water partition coefficient (Wildman–Crippen LogP) is 4.09. The summed E-state index contributed by atoms with van der Waals surface area (Å²) in [5.41, 5.74) is 2.96. The number of halogens is 1. The van der Waals surface area contributed by atoms with Crippen LogP contribution in [0.1, 0.15) is 34.5 Å². The fraction of sp³-hybridized carbons (Fsp3) is 0.235. The fourth-order valence-corrected chi connectivity index (χ4v) is 2.18. The first kappa shape index (κ1) is 15.0. The van der Waals surface area contributed by atoms with Gasteiger partial charge >= 0.3 is 5.97 Å². The lowest BCUT2D eigenvalue weighted by molar-refractivity contribution is 0.0601. The van der Waals surface area contributed by atoms with E-state index in [1.807, 2.05) is 32.0 Å². The second kappa shape index (κ2) is 6.39. The van der Waals surface area contributed by atoms with Crippen molar-refractivity contribution in [1.29, 1.82) is 0 Å². The normalized spacial score (nSPS) is 11.8. The molecular formula is C17H18FNO2. The van der Waals surface area contributed by atoms with Gasteiger partial charge in [0.2, 0.25) is 0 Å². The van der Waals surface area contributed by atoms with E-state index in [0.29, 0.717) is 11.3 Å². The van der Waals surface area contributed by atoms with Gasteiger partial charge in [0.05, 0.1) is 18.4 Å². The molecule has 0 amide bonds. The molecule has 0 aliphatic carbocycles. The number of methoxy groups -OCH3 is 1. The van der Waals surface area contributed by atoms with Crippen LogP contribution in [0.4, 0.5) is 10.1 Å². The average molecular weight is 287 g/mol. The number of ether oxygens (including phenoxy) is 1. The maximum absolute atomic E-state index is 13.4. The van der Waals surface area contributed by atoms with Crippen LogP contribution < -0.4 is 5.32 Å². The molecule has 0 bridgehead atoms. The Balaban J connectivity index is 2.30. The Morgan fingerprint density at radius 2 is 2.00 bits per heavy atom. The number of carbonyl (C=O) groups excluding carboxylic acids is 1. The summed E-state index contributed by atoms with van der Waals surface area (Å²) in [7, 11) is 1.31. The number of carbonyl (C=O) groups is 1. The molecule has 1 unspecified atom stereocenters. The maximum atomic E-state index is 13.4. The standard InChI is InChI=1S/C17H18FNO2/c1-11-5-4-6-13(9-11)12(2)19-16-10-14(18)7-8-15(16)17(20)21-3/h4-10,12,19H,1-3H3. The number of nitrogens with one attached hydrogen (secondary N) is 1. The minimum atomic E-state index is -0.492. The Hall–Kier alpha value is -2.36. The van der Waals surface area contributed by atoms with Crippen LogP contribution in [0.3, 0.4) is 0 Å². The van der Waals surface area contributed by atoms with E-state index in [2.05, 4.69) is 11.4 Å². The molecule has 4 heteroatoms. The summed E-state index contributed by atoms with van der Waals surface area (Å²) in [6, 6.07) is 11.9. The van der Waals surface area contributed by atoms with Crippen LogP contribution in [0.25, 0.3) is 0 Å². The van der Waals surface area contributed by atoms with Crippen molar-refractivity contribution in [3.63, 3.8) is 0 Å². The molecule has 0 aliphatic heterocycles. The zero-order chi connectivity index (χ0) is 15.4. The SMILES string of the molecule is COC(=O)c1ccc(F)cc1NC(C)c1cccc(C)c1. The van der Waals surface area contributed by atoms with Crippen LogP contribution >= 0.6 is 0 Å². The van der Waals surface area contributed by atoms with Gasteiger partial charge < -0.3 is 10.1 Å². The van der Waals surface area contributed by atoms with E-state index in [-0.39, 0.29) is 6.04 Å². The molecule has 0 radical (unpaired) electrons.